The minimum Gasteiger partial charge on any atom is -0.300 e. The summed E-state index contributed by atoms with van der Waals surface area (Å²) in [4.78, 5) is 36.4. The molecular formula is C21H32O3. The van der Waals surface area contributed by atoms with Crippen molar-refractivity contribution in [2.45, 2.75) is 79.1 Å². The average molecular weight is 332 g/mol. The second-order valence-corrected chi connectivity index (χ2v) is 9.24. The van der Waals surface area contributed by atoms with Gasteiger partial charge in [0.1, 0.15) is 17.3 Å². The van der Waals surface area contributed by atoms with E-state index in [9.17, 15) is 14.4 Å². The molecule has 0 spiro atoms. The van der Waals surface area contributed by atoms with Gasteiger partial charge in [-0.2, -0.15) is 0 Å². The second-order valence-electron chi connectivity index (χ2n) is 9.24. The Bertz CT molecular complexity index is 565. The molecule has 3 heteroatoms. The van der Waals surface area contributed by atoms with Crippen LogP contribution in [0.15, 0.2) is 0 Å². The van der Waals surface area contributed by atoms with Gasteiger partial charge in [-0.3, -0.25) is 9.59 Å². The van der Waals surface area contributed by atoms with Crippen LogP contribution < -0.4 is 0 Å². The van der Waals surface area contributed by atoms with Crippen LogP contribution in [0.5, 0.6) is 0 Å². The topological polar surface area (TPSA) is 51.2 Å². The Morgan fingerprint density at radius 3 is 2.38 bits per heavy atom. The van der Waals surface area contributed by atoms with E-state index >= 15 is 0 Å². The first-order valence-electron chi connectivity index (χ1n) is 9.73. The molecule has 0 heterocycles. The average Bonchev–Trinajstić information content (AvgIpc) is 2.86. The van der Waals surface area contributed by atoms with E-state index in [4.69, 9.17) is 0 Å². The zero-order valence-electron chi connectivity index (χ0n) is 15.7. The van der Waals surface area contributed by atoms with E-state index in [0.717, 1.165) is 32.1 Å². The van der Waals surface area contributed by atoms with Gasteiger partial charge in [-0.1, -0.05) is 13.8 Å². The molecule has 0 saturated heterocycles. The molecule has 3 saturated carbocycles. The third-order valence-corrected chi connectivity index (χ3v) is 8.08. The van der Waals surface area contributed by atoms with Crippen molar-refractivity contribution in [2.24, 2.45) is 34.5 Å². The Morgan fingerprint density at radius 1 is 1.04 bits per heavy atom. The highest BCUT2D eigenvalue weighted by Crippen LogP contribution is 2.64. The predicted octanol–water partition coefficient (Wildman–Crippen LogP) is 4.37. The van der Waals surface area contributed by atoms with Crippen molar-refractivity contribution in [3.05, 3.63) is 0 Å². The van der Waals surface area contributed by atoms with Crippen molar-refractivity contribution in [1.82, 2.24) is 0 Å². The van der Waals surface area contributed by atoms with E-state index in [-0.39, 0.29) is 22.5 Å². The molecule has 3 nitrogen and oxygen atoms in total. The molecule has 0 aromatic carbocycles. The Hall–Kier alpha value is -0.990. The lowest BCUT2D eigenvalue weighted by Crippen LogP contribution is -2.52. The van der Waals surface area contributed by atoms with Crippen LogP contribution in [0.4, 0.5) is 0 Å². The van der Waals surface area contributed by atoms with Gasteiger partial charge < -0.3 is 4.79 Å². The molecule has 0 bridgehead atoms. The fraction of sp³-hybridized carbons (Fsp3) is 0.857. The van der Waals surface area contributed by atoms with Crippen LogP contribution in [-0.2, 0) is 14.4 Å². The monoisotopic (exact) mass is 332 g/mol. The summed E-state index contributed by atoms with van der Waals surface area (Å²) in [6.45, 7) is 7.83. The normalized spacial score (nSPS) is 44.8. The maximum atomic E-state index is 12.8. The maximum Gasteiger partial charge on any atom is 0.139 e. The molecule has 24 heavy (non-hydrogen) atoms. The fourth-order valence-corrected chi connectivity index (χ4v) is 6.70. The summed E-state index contributed by atoms with van der Waals surface area (Å²) in [5.74, 6) is 2.66. The number of fused-ring (bicyclic) bond motifs is 3. The van der Waals surface area contributed by atoms with Gasteiger partial charge in [-0.25, -0.2) is 0 Å². The number of rotatable bonds is 4. The minimum atomic E-state index is -0.329. The third kappa shape index (κ3) is 2.59. The number of ketones is 3. The first-order chi connectivity index (χ1) is 11.2. The lowest BCUT2D eigenvalue weighted by Gasteiger charge is -2.55. The van der Waals surface area contributed by atoms with E-state index in [0.29, 0.717) is 48.6 Å². The molecule has 134 valence electrons. The Labute approximate surface area is 146 Å². The van der Waals surface area contributed by atoms with Crippen LogP contribution in [0.25, 0.3) is 0 Å². The Morgan fingerprint density at radius 2 is 1.75 bits per heavy atom. The van der Waals surface area contributed by atoms with E-state index in [1.165, 1.54) is 0 Å². The van der Waals surface area contributed by atoms with Crippen molar-refractivity contribution in [3.8, 4) is 0 Å². The van der Waals surface area contributed by atoms with E-state index < -0.39 is 0 Å². The SMILES string of the molecule is CC(=O)CCC1(C)C(=O)CCC2C1CC[C@]1(C)C2CC[C@H]1C(C)=O. The van der Waals surface area contributed by atoms with Crippen molar-refractivity contribution in [1.29, 1.82) is 0 Å². The lowest BCUT2D eigenvalue weighted by atomic mass is 9.48. The maximum absolute atomic E-state index is 12.8. The second kappa shape index (κ2) is 6.07. The van der Waals surface area contributed by atoms with Crippen molar-refractivity contribution < 1.29 is 14.4 Å². The largest absolute Gasteiger partial charge is 0.300 e. The van der Waals surface area contributed by atoms with Crippen LogP contribution in [0.2, 0.25) is 0 Å². The summed E-state index contributed by atoms with van der Waals surface area (Å²) in [5, 5.41) is 0. The third-order valence-electron chi connectivity index (χ3n) is 8.08. The quantitative estimate of drug-likeness (QED) is 0.768. The number of hydrogen-bond acceptors (Lipinski definition) is 3. The van der Waals surface area contributed by atoms with Gasteiger partial charge in [0.05, 0.1) is 0 Å². The zero-order chi connectivity index (χ0) is 17.7. The van der Waals surface area contributed by atoms with Gasteiger partial charge in [0.2, 0.25) is 0 Å². The van der Waals surface area contributed by atoms with Gasteiger partial charge in [0, 0.05) is 24.2 Å². The van der Waals surface area contributed by atoms with Gasteiger partial charge in [0.15, 0.2) is 0 Å². The number of Topliss-reactive ketones (excluding diaryl/α,β-unsaturated/α-hetero) is 3. The number of carbonyl (C=O) groups is 3. The van der Waals surface area contributed by atoms with Crippen LogP contribution in [-0.4, -0.2) is 17.3 Å². The summed E-state index contributed by atoms with van der Waals surface area (Å²) in [6.07, 6.45) is 7.15. The van der Waals surface area contributed by atoms with E-state index in [2.05, 4.69) is 13.8 Å². The molecule has 3 fully saturated rings. The Balaban J connectivity index is 1.87. The molecule has 3 aliphatic carbocycles. The van der Waals surface area contributed by atoms with E-state index in [1.54, 1.807) is 13.8 Å². The van der Waals surface area contributed by atoms with Crippen molar-refractivity contribution in [2.75, 3.05) is 0 Å². The summed E-state index contributed by atoms with van der Waals surface area (Å²) < 4.78 is 0. The summed E-state index contributed by atoms with van der Waals surface area (Å²) >= 11 is 0. The molecule has 0 aliphatic heterocycles. The molecule has 3 rings (SSSR count). The van der Waals surface area contributed by atoms with E-state index in [1.807, 2.05) is 0 Å². The smallest absolute Gasteiger partial charge is 0.139 e. The van der Waals surface area contributed by atoms with Gasteiger partial charge in [-0.05, 0) is 75.5 Å². The highest BCUT2D eigenvalue weighted by atomic mass is 16.1. The molecule has 0 aromatic heterocycles. The van der Waals surface area contributed by atoms with Crippen molar-refractivity contribution >= 4 is 17.3 Å². The zero-order valence-corrected chi connectivity index (χ0v) is 15.7. The Kier molecular flexibility index (Phi) is 4.51. The fourth-order valence-electron chi connectivity index (χ4n) is 6.70. The molecule has 0 amide bonds. The van der Waals surface area contributed by atoms with Gasteiger partial charge in [-0.15, -0.1) is 0 Å². The first-order valence-corrected chi connectivity index (χ1v) is 9.73. The number of carbonyl (C=O) groups excluding carboxylic acids is 3. The lowest BCUT2D eigenvalue weighted by molar-refractivity contribution is -0.148. The summed E-state index contributed by atoms with van der Waals surface area (Å²) in [7, 11) is 0. The van der Waals surface area contributed by atoms with Crippen molar-refractivity contribution in [3.63, 3.8) is 0 Å². The molecule has 0 aromatic rings. The summed E-state index contributed by atoms with van der Waals surface area (Å²) in [5.41, 5.74) is -0.195. The predicted molar refractivity (Wildman–Crippen MR) is 93.5 cm³/mol. The van der Waals surface area contributed by atoms with Crippen LogP contribution >= 0.6 is 0 Å². The standard InChI is InChI=1S/C21H32O3/c1-13(22)9-11-21(4)18-10-12-20(3)16(14(2)23)6-7-17(20)15(18)5-8-19(21)24/h15-18H,5-12H2,1-4H3/t15?,16-,17?,18?,20-,21?/m0/s1. The van der Waals surface area contributed by atoms with Crippen LogP contribution in [0, 0.1) is 34.5 Å². The van der Waals surface area contributed by atoms with Gasteiger partial charge in [0.25, 0.3) is 0 Å². The highest BCUT2D eigenvalue weighted by molar-refractivity contribution is 5.86. The molecule has 3 aliphatic rings. The first kappa shape index (κ1) is 17.8. The van der Waals surface area contributed by atoms with Crippen LogP contribution in [0.3, 0.4) is 0 Å². The molecule has 0 radical (unpaired) electrons. The molecular weight excluding hydrogens is 300 g/mol. The molecule has 0 N–H and O–H groups in total. The summed E-state index contributed by atoms with van der Waals surface area (Å²) in [6, 6.07) is 0. The highest BCUT2D eigenvalue weighted by Gasteiger charge is 2.60. The van der Waals surface area contributed by atoms with Crippen LogP contribution in [0.1, 0.15) is 79.1 Å². The van der Waals surface area contributed by atoms with Gasteiger partial charge >= 0.3 is 0 Å². The molecule has 4 unspecified atom stereocenters. The molecule has 6 atom stereocenters. The number of hydrogen-bond donors (Lipinski definition) is 0. The minimum absolute atomic E-state index is 0.134.